The molecule has 3 rings (SSSR count). The number of amides is 2. The Kier molecular flexibility index (Phi) is 7.55. The molecule has 7 heteroatoms. The molecule has 29 heavy (non-hydrogen) atoms. The lowest BCUT2D eigenvalue weighted by molar-refractivity contribution is -0.135. The number of piperidine rings is 1. The van der Waals surface area contributed by atoms with Crippen LogP contribution in [0.1, 0.15) is 31.2 Å². The largest absolute Gasteiger partial charge is 0.493 e. The van der Waals surface area contributed by atoms with E-state index in [2.05, 4.69) is 10.3 Å². The number of nitrogens with zero attached hydrogens (tertiary/aromatic N) is 2. The van der Waals surface area contributed by atoms with Crippen molar-refractivity contribution >= 4 is 11.8 Å². The van der Waals surface area contributed by atoms with Crippen LogP contribution in [0, 0.1) is 11.7 Å². The maximum absolute atomic E-state index is 13.1. The van der Waals surface area contributed by atoms with Crippen LogP contribution in [0.4, 0.5) is 4.39 Å². The van der Waals surface area contributed by atoms with Gasteiger partial charge in [-0.15, -0.1) is 0 Å². The summed E-state index contributed by atoms with van der Waals surface area (Å²) in [6.07, 6.45) is 5.73. The van der Waals surface area contributed by atoms with E-state index in [0.29, 0.717) is 57.7 Å². The molecular formula is C22H26FN3O3. The van der Waals surface area contributed by atoms with Gasteiger partial charge in [-0.2, -0.15) is 0 Å². The highest BCUT2D eigenvalue weighted by molar-refractivity contribution is 5.80. The number of pyridine rings is 1. The summed E-state index contributed by atoms with van der Waals surface area (Å²) in [6, 6.07) is 9.73. The van der Waals surface area contributed by atoms with Gasteiger partial charge in [-0.05, 0) is 43.0 Å². The van der Waals surface area contributed by atoms with Crippen LogP contribution < -0.4 is 10.1 Å². The molecule has 1 saturated heterocycles. The molecule has 2 heterocycles. The van der Waals surface area contributed by atoms with Gasteiger partial charge < -0.3 is 15.0 Å². The van der Waals surface area contributed by atoms with Gasteiger partial charge >= 0.3 is 0 Å². The van der Waals surface area contributed by atoms with E-state index in [1.807, 2.05) is 17.0 Å². The monoisotopic (exact) mass is 399 g/mol. The SMILES string of the molecule is O=C(NCc1cccnc1)C1CCN(C(=O)CCCOc2cccc(F)c2)CC1. The zero-order chi connectivity index (χ0) is 20.5. The van der Waals surface area contributed by atoms with E-state index in [4.69, 9.17) is 4.74 Å². The molecule has 1 aromatic heterocycles. The van der Waals surface area contributed by atoms with Crippen molar-refractivity contribution in [2.45, 2.75) is 32.2 Å². The Bertz CT molecular complexity index is 808. The molecule has 1 N–H and O–H groups in total. The number of benzene rings is 1. The van der Waals surface area contributed by atoms with Gasteiger partial charge in [0.25, 0.3) is 0 Å². The van der Waals surface area contributed by atoms with Gasteiger partial charge in [-0.1, -0.05) is 12.1 Å². The molecule has 0 aliphatic carbocycles. The number of likely N-dealkylation sites (tertiary alicyclic amines) is 1. The molecule has 0 bridgehead atoms. The third kappa shape index (κ3) is 6.55. The summed E-state index contributed by atoms with van der Waals surface area (Å²) in [5, 5.41) is 2.95. The first kappa shape index (κ1) is 20.8. The van der Waals surface area contributed by atoms with Crippen molar-refractivity contribution in [3.05, 3.63) is 60.2 Å². The number of halogens is 1. The van der Waals surface area contributed by atoms with Gasteiger partial charge in [0.05, 0.1) is 6.61 Å². The summed E-state index contributed by atoms with van der Waals surface area (Å²) in [5.41, 5.74) is 0.967. The minimum atomic E-state index is -0.342. The highest BCUT2D eigenvalue weighted by Crippen LogP contribution is 2.19. The molecule has 0 atom stereocenters. The fourth-order valence-electron chi connectivity index (χ4n) is 3.36. The zero-order valence-corrected chi connectivity index (χ0v) is 16.4. The quantitative estimate of drug-likeness (QED) is 0.693. The summed E-state index contributed by atoms with van der Waals surface area (Å²) < 4.78 is 18.6. The van der Waals surface area contributed by atoms with Crippen LogP contribution in [0.25, 0.3) is 0 Å². The Balaban J connectivity index is 1.32. The van der Waals surface area contributed by atoms with E-state index < -0.39 is 0 Å². The third-order valence-electron chi connectivity index (χ3n) is 5.01. The molecule has 2 amide bonds. The molecule has 1 aliphatic rings. The molecule has 1 fully saturated rings. The number of carbonyl (C=O) groups is 2. The number of rotatable bonds is 8. The van der Waals surface area contributed by atoms with E-state index in [9.17, 15) is 14.0 Å². The van der Waals surface area contributed by atoms with Crippen molar-refractivity contribution in [2.24, 2.45) is 5.92 Å². The number of carbonyl (C=O) groups excluding carboxylic acids is 2. The predicted octanol–water partition coefficient (Wildman–Crippen LogP) is 2.93. The minimum absolute atomic E-state index is 0.0319. The predicted molar refractivity (Wildman–Crippen MR) is 107 cm³/mol. The number of nitrogens with one attached hydrogen (secondary N) is 1. The lowest BCUT2D eigenvalue weighted by atomic mass is 9.95. The van der Waals surface area contributed by atoms with Crippen molar-refractivity contribution in [1.82, 2.24) is 15.2 Å². The Hall–Kier alpha value is -2.96. The van der Waals surface area contributed by atoms with Gasteiger partial charge in [0, 0.05) is 50.4 Å². The average Bonchev–Trinajstić information content (AvgIpc) is 2.76. The van der Waals surface area contributed by atoms with Crippen molar-refractivity contribution < 1.29 is 18.7 Å². The van der Waals surface area contributed by atoms with Crippen LogP contribution >= 0.6 is 0 Å². The number of hydrogen-bond acceptors (Lipinski definition) is 4. The second-order valence-corrected chi connectivity index (χ2v) is 7.14. The summed E-state index contributed by atoms with van der Waals surface area (Å²) in [7, 11) is 0. The van der Waals surface area contributed by atoms with Gasteiger partial charge in [0.2, 0.25) is 11.8 Å². The van der Waals surface area contributed by atoms with Gasteiger partial charge in [-0.3, -0.25) is 14.6 Å². The summed E-state index contributed by atoms with van der Waals surface area (Å²) >= 11 is 0. The van der Waals surface area contributed by atoms with Crippen LogP contribution in [0.5, 0.6) is 5.75 Å². The Morgan fingerprint density at radius 1 is 1.21 bits per heavy atom. The molecule has 2 aromatic rings. The van der Waals surface area contributed by atoms with E-state index in [0.717, 1.165) is 5.56 Å². The number of ether oxygens (including phenoxy) is 1. The maximum Gasteiger partial charge on any atom is 0.223 e. The standard InChI is InChI=1S/C22H26FN3O3/c23-19-5-1-6-20(14-19)29-13-3-7-21(27)26-11-8-18(9-12-26)22(28)25-16-17-4-2-10-24-15-17/h1-2,4-6,10,14-15,18H,3,7-9,11-13,16H2,(H,25,28). The van der Waals surface area contributed by atoms with Crippen LogP contribution in [0.2, 0.25) is 0 Å². The van der Waals surface area contributed by atoms with Crippen LogP contribution in [-0.2, 0) is 16.1 Å². The molecule has 1 aromatic carbocycles. The van der Waals surface area contributed by atoms with Gasteiger partial charge in [0.15, 0.2) is 0 Å². The topological polar surface area (TPSA) is 71.5 Å². The van der Waals surface area contributed by atoms with Gasteiger partial charge in [-0.25, -0.2) is 4.39 Å². The summed E-state index contributed by atoms with van der Waals surface area (Å²) in [6.45, 7) is 2.02. The average molecular weight is 399 g/mol. The molecule has 0 radical (unpaired) electrons. The van der Waals surface area contributed by atoms with E-state index in [1.165, 1.54) is 12.1 Å². The molecule has 0 spiro atoms. The summed E-state index contributed by atoms with van der Waals surface area (Å²) in [5.74, 6) is 0.167. The van der Waals surface area contributed by atoms with Crippen molar-refractivity contribution in [2.75, 3.05) is 19.7 Å². The second kappa shape index (κ2) is 10.5. The van der Waals surface area contributed by atoms with Crippen LogP contribution in [0.15, 0.2) is 48.8 Å². The van der Waals surface area contributed by atoms with Gasteiger partial charge in [0.1, 0.15) is 11.6 Å². The lowest BCUT2D eigenvalue weighted by Gasteiger charge is -2.31. The highest BCUT2D eigenvalue weighted by atomic mass is 19.1. The smallest absolute Gasteiger partial charge is 0.223 e. The van der Waals surface area contributed by atoms with Crippen molar-refractivity contribution in [3.63, 3.8) is 0 Å². The van der Waals surface area contributed by atoms with Crippen LogP contribution in [-0.4, -0.2) is 41.4 Å². The maximum atomic E-state index is 13.1. The lowest BCUT2D eigenvalue weighted by Crippen LogP contribution is -2.42. The third-order valence-corrected chi connectivity index (χ3v) is 5.01. The van der Waals surface area contributed by atoms with Crippen molar-refractivity contribution in [1.29, 1.82) is 0 Å². The first-order chi connectivity index (χ1) is 14.1. The highest BCUT2D eigenvalue weighted by Gasteiger charge is 2.26. The summed E-state index contributed by atoms with van der Waals surface area (Å²) in [4.78, 5) is 30.5. The van der Waals surface area contributed by atoms with Crippen LogP contribution in [0.3, 0.4) is 0 Å². The molecule has 6 nitrogen and oxygen atoms in total. The first-order valence-electron chi connectivity index (χ1n) is 9.94. The Labute approximate surface area is 170 Å². The zero-order valence-electron chi connectivity index (χ0n) is 16.4. The molecular weight excluding hydrogens is 373 g/mol. The Morgan fingerprint density at radius 2 is 2.03 bits per heavy atom. The fraction of sp³-hybridized carbons (Fsp3) is 0.409. The van der Waals surface area contributed by atoms with Crippen molar-refractivity contribution in [3.8, 4) is 5.75 Å². The van der Waals surface area contributed by atoms with E-state index in [1.54, 1.807) is 24.5 Å². The second-order valence-electron chi connectivity index (χ2n) is 7.14. The molecule has 0 unspecified atom stereocenters. The molecule has 1 aliphatic heterocycles. The normalized spacial score (nSPS) is 14.4. The molecule has 0 saturated carbocycles. The van der Waals surface area contributed by atoms with E-state index >= 15 is 0 Å². The number of hydrogen-bond donors (Lipinski definition) is 1. The number of aromatic nitrogens is 1. The molecule has 154 valence electrons. The first-order valence-corrected chi connectivity index (χ1v) is 9.94. The minimum Gasteiger partial charge on any atom is -0.493 e. The fourth-order valence-corrected chi connectivity index (χ4v) is 3.36. The Morgan fingerprint density at radius 3 is 2.76 bits per heavy atom. The van der Waals surface area contributed by atoms with E-state index in [-0.39, 0.29) is 23.5 Å².